The second-order valence-corrected chi connectivity index (χ2v) is 13.5. The molecule has 252 valence electrons. The second kappa shape index (κ2) is 28.8. The van der Waals surface area contributed by atoms with E-state index in [1.807, 2.05) is 0 Å². The summed E-state index contributed by atoms with van der Waals surface area (Å²) in [4.78, 5) is 16.9. The van der Waals surface area contributed by atoms with Crippen molar-refractivity contribution in [3.8, 4) is 0 Å². The Morgan fingerprint density at radius 1 is 0.488 bits per heavy atom. The van der Waals surface area contributed by atoms with Crippen molar-refractivity contribution in [3.05, 3.63) is 0 Å². The molecule has 0 amide bonds. The van der Waals surface area contributed by atoms with Crippen molar-refractivity contribution >= 4 is 7.91 Å². The van der Waals surface area contributed by atoms with Crippen LogP contribution < -0.4 is 9.79 Å². The largest absolute Gasteiger partial charge is 0.786 e. The normalized spacial score (nSPS) is 13.6. The van der Waals surface area contributed by atoms with Crippen LogP contribution in [0.3, 0.4) is 0 Å². The van der Waals surface area contributed by atoms with Crippen molar-refractivity contribution in [3.63, 3.8) is 0 Å². The quantitative estimate of drug-likeness (QED) is 0.0807. The molecule has 5 nitrogen and oxygen atoms in total. The van der Waals surface area contributed by atoms with Gasteiger partial charge in [0.05, 0.1) is 51.4 Å². The Kier molecular flexibility index (Phi) is 31.9. The zero-order chi connectivity index (χ0) is 32.2. The summed E-state index contributed by atoms with van der Waals surface area (Å²) in [5.41, 5.74) is 0. The summed E-state index contributed by atoms with van der Waals surface area (Å²) in [6.07, 6.45) is 22.0. The molecule has 0 saturated carbocycles. The molecule has 0 heterocycles. The minimum absolute atomic E-state index is 0.861. The van der Waals surface area contributed by atoms with Gasteiger partial charge in [-0.15, -0.1) is 0 Å². The van der Waals surface area contributed by atoms with Crippen molar-refractivity contribution in [2.45, 2.75) is 184 Å². The molecule has 7 heteroatoms. The number of halogens is 1. The first-order valence-corrected chi connectivity index (χ1v) is 19.2. The molecule has 2 atom stereocenters. The zero-order valence-electron chi connectivity index (χ0n) is 29.7. The molecule has 0 radical (unpaired) electrons. The minimum Gasteiger partial charge on any atom is -0.786 e. The molecule has 0 aromatic rings. The van der Waals surface area contributed by atoms with Crippen molar-refractivity contribution < 1.29 is 27.5 Å². The molecular weight excluding hydrogens is 534 g/mol. The van der Waals surface area contributed by atoms with Crippen molar-refractivity contribution in [1.82, 2.24) is 0 Å². The first-order chi connectivity index (χ1) is 19.3. The fraction of sp³-hybridized carbons (Fsp3) is 1.00. The first kappa shape index (κ1) is 45.4. The van der Waals surface area contributed by atoms with E-state index in [-0.39, 0.29) is 0 Å². The number of hydrogen-bond acceptors (Lipinski definition) is 3. The van der Waals surface area contributed by atoms with E-state index < -0.39 is 7.91 Å². The van der Waals surface area contributed by atoms with Crippen LogP contribution in [-0.4, -0.2) is 60.3 Å². The predicted octanol–water partition coefficient (Wildman–Crippen LogP) is 9.57. The zero-order valence-corrected chi connectivity index (χ0v) is 30.5. The van der Waals surface area contributed by atoms with E-state index in [4.69, 9.17) is 14.4 Å². The fourth-order valence-corrected chi connectivity index (χ4v) is 6.21. The maximum Gasteiger partial charge on any atom is 0.110 e. The van der Waals surface area contributed by atoms with E-state index in [0.29, 0.717) is 0 Å². The molecule has 0 rings (SSSR count). The van der Waals surface area contributed by atoms with E-state index >= 15 is 0 Å². The fourth-order valence-electron chi connectivity index (χ4n) is 6.21. The van der Waals surface area contributed by atoms with Crippen LogP contribution in [0.15, 0.2) is 0 Å². The lowest BCUT2D eigenvalue weighted by molar-refractivity contribution is -0.950. The van der Waals surface area contributed by atoms with Gasteiger partial charge in [0.15, 0.2) is 0 Å². The Hall–Kier alpha value is -0.0000000000000000555. The van der Waals surface area contributed by atoms with Crippen LogP contribution in [0, 0.1) is 0 Å². The van der Waals surface area contributed by atoms with Crippen molar-refractivity contribution in [2.24, 2.45) is 0 Å². The number of quaternary nitrogens is 2. The summed E-state index contributed by atoms with van der Waals surface area (Å²) in [6.45, 7) is 32.2. The molecule has 0 spiro atoms. The van der Waals surface area contributed by atoms with Crippen LogP contribution in [0.25, 0.3) is 0 Å². The Labute approximate surface area is 258 Å². The summed E-state index contributed by atoms with van der Waals surface area (Å²) in [6, 6.07) is 1.72. The minimum atomic E-state index is -5.64. The molecule has 0 fully saturated rings. The molecule has 2 unspecified atom stereocenters. The highest BCUT2D eigenvalue weighted by molar-refractivity contribution is 7.42. The van der Waals surface area contributed by atoms with Gasteiger partial charge in [-0.3, -0.25) is 0 Å². The molecule has 0 aliphatic carbocycles. The molecule has 0 aliphatic heterocycles. The van der Waals surface area contributed by atoms with E-state index in [2.05, 4.69) is 69.2 Å². The summed E-state index contributed by atoms with van der Waals surface area (Å²) >= 11 is 0. The maximum absolute atomic E-state index is 10.1. The van der Waals surface area contributed by atoms with Gasteiger partial charge in [-0.05, 0) is 65.2 Å². The maximum atomic E-state index is 10.1. The predicted molar refractivity (Wildman–Crippen MR) is 177 cm³/mol. The molecular formula is C34H76FN2O3P. The number of rotatable bonds is 24. The van der Waals surface area contributed by atoms with Gasteiger partial charge in [0.25, 0.3) is 0 Å². The summed E-state index contributed by atoms with van der Waals surface area (Å²) < 4.78 is 21.4. The van der Waals surface area contributed by atoms with Crippen LogP contribution in [0.4, 0.5) is 4.20 Å². The number of nitrogens with zero attached hydrogens (tertiary/aromatic N) is 2. The second-order valence-electron chi connectivity index (χ2n) is 12.6. The summed E-state index contributed by atoms with van der Waals surface area (Å²) in [5.74, 6) is 0. The highest BCUT2D eigenvalue weighted by Gasteiger charge is 2.32. The Morgan fingerprint density at radius 2 is 0.659 bits per heavy atom. The third-order valence-corrected chi connectivity index (χ3v) is 9.02. The molecule has 41 heavy (non-hydrogen) atoms. The molecule has 0 aliphatic rings. The molecule has 0 aromatic carbocycles. The topological polar surface area (TPSA) is 63.2 Å². The Bertz CT molecular complexity index is 497. The van der Waals surface area contributed by atoms with Gasteiger partial charge >= 0.3 is 0 Å². The average molecular weight is 611 g/mol. The van der Waals surface area contributed by atoms with Gasteiger partial charge in [0.1, 0.15) is 7.91 Å². The van der Waals surface area contributed by atoms with Gasteiger partial charge in [-0.2, -0.15) is 0 Å². The highest BCUT2D eigenvalue weighted by atomic mass is 31.2. The Morgan fingerprint density at radius 3 is 0.780 bits per heavy atom. The van der Waals surface area contributed by atoms with Crippen LogP contribution in [0.1, 0.15) is 172 Å². The van der Waals surface area contributed by atoms with E-state index in [0.717, 1.165) is 12.1 Å². The first-order valence-electron chi connectivity index (χ1n) is 17.8. The molecule has 0 N–H and O–H groups in total. The average Bonchev–Trinajstić information content (AvgIpc) is 2.92. The van der Waals surface area contributed by atoms with E-state index in [9.17, 15) is 4.20 Å². The lowest BCUT2D eigenvalue weighted by atomic mass is 10.0. The number of unbranched alkanes of at least 4 members (excludes halogenated alkanes) is 6. The SMILES string of the molecule is CCCC[N+](CCCC)(CCCC)C(C)CCC.CCCC[N+](CCCC)(CCCC)C(C)CCC.O=P([O-])([O-])F. The van der Waals surface area contributed by atoms with Crippen LogP contribution in [0.5, 0.6) is 0 Å². The van der Waals surface area contributed by atoms with Crippen molar-refractivity contribution in [2.75, 3.05) is 39.3 Å². The third-order valence-electron chi connectivity index (χ3n) is 9.02. The third kappa shape index (κ3) is 25.1. The highest BCUT2D eigenvalue weighted by Crippen LogP contribution is 2.24. The smallest absolute Gasteiger partial charge is 0.110 e. The lowest BCUT2D eigenvalue weighted by Gasteiger charge is -2.44. The van der Waals surface area contributed by atoms with Crippen LogP contribution in [0.2, 0.25) is 0 Å². The standard InChI is InChI=1S/2C17H38N.FH2O3P/c2*1-6-10-14-18(15-11-7-2,16-12-8-3)17(5)13-9-4;1-5(2,3)4/h2*17H,6-16H2,1-5H3;(H2,2,3,4)/q2*+1;/p-2. The van der Waals surface area contributed by atoms with Gasteiger partial charge in [0.2, 0.25) is 0 Å². The van der Waals surface area contributed by atoms with Gasteiger partial charge in [-0.1, -0.05) is 107 Å². The summed E-state index contributed by atoms with van der Waals surface area (Å²) in [7, 11) is -5.64. The van der Waals surface area contributed by atoms with Gasteiger partial charge in [0, 0.05) is 0 Å². The van der Waals surface area contributed by atoms with E-state index in [1.54, 1.807) is 0 Å². The van der Waals surface area contributed by atoms with Crippen molar-refractivity contribution in [1.29, 1.82) is 0 Å². The lowest BCUT2D eigenvalue weighted by Crippen LogP contribution is -2.56. The van der Waals surface area contributed by atoms with Gasteiger partial charge < -0.3 is 23.3 Å². The monoisotopic (exact) mass is 611 g/mol. The van der Waals surface area contributed by atoms with Gasteiger partial charge in [-0.25, -0.2) is 4.20 Å². The van der Waals surface area contributed by atoms with E-state index in [1.165, 1.54) is 151 Å². The molecule has 0 bridgehead atoms. The Balaban J connectivity index is -0.000000604. The van der Waals surface area contributed by atoms with Crippen LogP contribution in [-0.2, 0) is 4.57 Å². The summed E-state index contributed by atoms with van der Waals surface area (Å²) in [5, 5.41) is 0. The number of hydrogen-bond donors (Lipinski definition) is 0. The molecule has 0 aromatic heterocycles. The van der Waals surface area contributed by atoms with Crippen LogP contribution >= 0.6 is 7.91 Å². The molecule has 0 saturated heterocycles.